The lowest BCUT2D eigenvalue weighted by Gasteiger charge is -2.27. The van der Waals surface area contributed by atoms with Crippen LogP contribution in [0.5, 0.6) is 0 Å². The second kappa shape index (κ2) is 9.29. The first-order chi connectivity index (χ1) is 14.7. The molecule has 0 saturated carbocycles. The van der Waals surface area contributed by atoms with Gasteiger partial charge in [-0.25, -0.2) is 5.48 Å². The highest BCUT2D eigenvalue weighted by Gasteiger charge is 2.29. The molecule has 1 aliphatic heterocycles. The standard InChI is InChI=1S/C25H25N3O2/c29-24(27-30)16-15-20-10-6-12-21(18-20)25-26-22-13-4-5-14-23(22)28(25)17-7-11-19-8-2-1-3-9-19/h1-6,8-10,12-16,18,25-26,30H,7,11,17H2,(H,27,29)/b16-15+. The van der Waals surface area contributed by atoms with Gasteiger partial charge in [-0.05, 0) is 53.8 Å². The predicted molar refractivity (Wildman–Crippen MR) is 120 cm³/mol. The summed E-state index contributed by atoms with van der Waals surface area (Å²) in [6.45, 7) is 0.927. The number of hydrogen-bond donors (Lipinski definition) is 3. The maximum absolute atomic E-state index is 11.3. The fraction of sp³-hybridized carbons (Fsp3) is 0.160. The van der Waals surface area contributed by atoms with Crippen LogP contribution in [-0.2, 0) is 11.2 Å². The van der Waals surface area contributed by atoms with Crippen LogP contribution in [0.4, 0.5) is 11.4 Å². The smallest absolute Gasteiger partial charge is 0.267 e. The molecule has 1 amide bonds. The third-order valence-corrected chi connectivity index (χ3v) is 5.29. The van der Waals surface area contributed by atoms with E-state index in [-0.39, 0.29) is 6.17 Å². The fourth-order valence-corrected chi connectivity index (χ4v) is 3.86. The molecule has 3 aromatic rings. The van der Waals surface area contributed by atoms with E-state index in [1.54, 1.807) is 11.6 Å². The molecule has 0 bridgehead atoms. The number of benzene rings is 3. The van der Waals surface area contributed by atoms with Crippen LogP contribution in [0.25, 0.3) is 6.08 Å². The van der Waals surface area contributed by atoms with E-state index < -0.39 is 5.91 Å². The summed E-state index contributed by atoms with van der Waals surface area (Å²) in [6.07, 6.45) is 5.11. The number of rotatable bonds is 7. The Morgan fingerprint density at radius 2 is 1.83 bits per heavy atom. The van der Waals surface area contributed by atoms with Crippen LogP contribution in [-0.4, -0.2) is 17.7 Å². The molecule has 0 fully saturated rings. The Bertz CT molecular complexity index is 1030. The second-order valence-electron chi connectivity index (χ2n) is 7.33. The topological polar surface area (TPSA) is 64.6 Å². The van der Waals surface area contributed by atoms with Crippen LogP contribution in [0.2, 0.25) is 0 Å². The molecule has 0 aliphatic carbocycles. The number of nitrogens with one attached hydrogen (secondary N) is 2. The zero-order valence-corrected chi connectivity index (χ0v) is 16.7. The SMILES string of the molecule is O=C(/C=C/c1cccc(C2Nc3ccccc3N2CCCc2ccccc2)c1)NO. The van der Waals surface area contributed by atoms with Crippen LogP contribution in [0.1, 0.15) is 29.3 Å². The van der Waals surface area contributed by atoms with Gasteiger partial charge < -0.3 is 10.2 Å². The quantitative estimate of drug-likeness (QED) is 0.304. The maximum atomic E-state index is 11.3. The number of hydroxylamine groups is 1. The summed E-state index contributed by atoms with van der Waals surface area (Å²) >= 11 is 0. The summed E-state index contributed by atoms with van der Waals surface area (Å²) in [5.41, 5.74) is 7.32. The lowest BCUT2D eigenvalue weighted by Crippen LogP contribution is -2.29. The van der Waals surface area contributed by atoms with Crippen molar-refractivity contribution in [2.45, 2.75) is 19.0 Å². The average Bonchev–Trinajstić information content (AvgIpc) is 3.17. The Kier molecular flexibility index (Phi) is 6.11. The number of anilines is 2. The highest BCUT2D eigenvalue weighted by atomic mass is 16.5. The lowest BCUT2D eigenvalue weighted by atomic mass is 10.1. The number of aryl methyl sites for hydroxylation is 1. The second-order valence-corrected chi connectivity index (χ2v) is 7.33. The Labute approximate surface area is 176 Å². The molecule has 30 heavy (non-hydrogen) atoms. The number of fused-ring (bicyclic) bond motifs is 1. The van der Waals surface area contributed by atoms with Gasteiger partial charge in [0.1, 0.15) is 6.17 Å². The van der Waals surface area contributed by atoms with Crippen molar-refractivity contribution >= 4 is 23.4 Å². The minimum absolute atomic E-state index is 0.0261. The van der Waals surface area contributed by atoms with Gasteiger partial charge >= 0.3 is 0 Å². The van der Waals surface area contributed by atoms with Gasteiger partial charge in [-0.1, -0.05) is 60.7 Å². The van der Waals surface area contributed by atoms with Crippen LogP contribution >= 0.6 is 0 Å². The minimum atomic E-state index is -0.547. The largest absolute Gasteiger partial charge is 0.360 e. The summed E-state index contributed by atoms with van der Waals surface area (Å²) in [6, 6.07) is 27.0. The predicted octanol–water partition coefficient (Wildman–Crippen LogP) is 4.77. The molecule has 0 saturated heterocycles. The van der Waals surface area contributed by atoms with Crippen molar-refractivity contribution in [1.82, 2.24) is 5.48 Å². The number of carbonyl (C=O) groups excluding carboxylic acids is 1. The summed E-state index contributed by atoms with van der Waals surface area (Å²) in [7, 11) is 0. The van der Waals surface area contributed by atoms with Crippen molar-refractivity contribution in [1.29, 1.82) is 0 Å². The summed E-state index contributed by atoms with van der Waals surface area (Å²) in [4.78, 5) is 13.7. The number of para-hydroxylation sites is 2. The summed E-state index contributed by atoms with van der Waals surface area (Å²) in [5, 5.41) is 12.3. The molecule has 1 aliphatic rings. The molecule has 5 nitrogen and oxygen atoms in total. The molecule has 152 valence electrons. The molecule has 5 heteroatoms. The van der Waals surface area contributed by atoms with E-state index in [0.717, 1.165) is 36.2 Å². The van der Waals surface area contributed by atoms with Crippen molar-refractivity contribution in [3.05, 3.63) is 102 Å². The molecular formula is C25H25N3O2. The van der Waals surface area contributed by atoms with Crippen LogP contribution in [0.3, 0.4) is 0 Å². The minimum Gasteiger partial charge on any atom is -0.360 e. The van der Waals surface area contributed by atoms with E-state index in [1.165, 1.54) is 17.3 Å². The molecule has 0 radical (unpaired) electrons. The van der Waals surface area contributed by atoms with Gasteiger partial charge in [0.25, 0.3) is 5.91 Å². The number of hydrogen-bond acceptors (Lipinski definition) is 4. The zero-order valence-electron chi connectivity index (χ0n) is 16.7. The van der Waals surface area contributed by atoms with Gasteiger partial charge in [-0.3, -0.25) is 10.0 Å². The fourth-order valence-electron chi connectivity index (χ4n) is 3.86. The molecule has 1 heterocycles. The van der Waals surface area contributed by atoms with Gasteiger partial charge in [0, 0.05) is 12.6 Å². The van der Waals surface area contributed by atoms with Crippen molar-refractivity contribution in [2.24, 2.45) is 0 Å². The molecule has 3 N–H and O–H groups in total. The van der Waals surface area contributed by atoms with Crippen molar-refractivity contribution in [3.8, 4) is 0 Å². The van der Waals surface area contributed by atoms with Crippen molar-refractivity contribution < 1.29 is 10.0 Å². The zero-order chi connectivity index (χ0) is 20.8. The molecular weight excluding hydrogens is 374 g/mol. The Hall–Kier alpha value is -3.57. The van der Waals surface area contributed by atoms with Crippen molar-refractivity contribution in [3.63, 3.8) is 0 Å². The molecule has 4 rings (SSSR count). The first-order valence-electron chi connectivity index (χ1n) is 10.1. The Morgan fingerprint density at radius 1 is 1.03 bits per heavy atom. The van der Waals surface area contributed by atoms with E-state index in [4.69, 9.17) is 5.21 Å². The van der Waals surface area contributed by atoms with E-state index in [2.05, 4.69) is 64.8 Å². The third kappa shape index (κ3) is 4.53. The third-order valence-electron chi connectivity index (χ3n) is 5.29. The van der Waals surface area contributed by atoms with E-state index in [1.807, 2.05) is 24.3 Å². The van der Waals surface area contributed by atoms with Gasteiger partial charge in [0.2, 0.25) is 0 Å². The normalized spacial score (nSPS) is 15.1. The van der Waals surface area contributed by atoms with Crippen molar-refractivity contribution in [2.75, 3.05) is 16.8 Å². The van der Waals surface area contributed by atoms with Gasteiger partial charge in [-0.15, -0.1) is 0 Å². The monoisotopic (exact) mass is 399 g/mol. The van der Waals surface area contributed by atoms with E-state index in [0.29, 0.717) is 0 Å². The molecule has 3 aromatic carbocycles. The first-order valence-corrected chi connectivity index (χ1v) is 10.1. The molecule has 1 unspecified atom stereocenters. The first kappa shape index (κ1) is 19.7. The average molecular weight is 399 g/mol. The van der Waals surface area contributed by atoms with Crippen LogP contribution in [0.15, 0.2) is 84.9 Å². The molecule has 1 atom stereocenters. The lowest BCUT2D eigenvalue weighted by molar-refractivity contribution is -0.124. The maximum Gasteiger partial charge on any atom is 0.267 e. The van der Waals surface area contributed by atoms with Gasteiger partial charge in [0.05, 0.1) is 11.4 Å². The number of nitrogens with zero attached hydrogens (tertiary/aromatic N) is 1. The van der Waals surface area contributed by atoms with Crippen LogP contribution in [0, 0.1) is 0 Å². The Balaban J connectivity index is 1.54. The Morgan fingerprint density at radius 3 is 2.67 bits per heavy atom. The molecule has 0 aromatic heterocycles. The molecule has 0 spiro atoms. The van der Waals surface area contributed by atoms with E-state index in [9.17, 15) is 4.79 Å². The van der Waals surface area contributed by atoms with Gasteiger partial charge in [0.15, 0.2) is 0 Å². The number of amides is 1. The number of carbonyl (C=O) groups is 1. The van der Waals surface area contributed by atoms with Crippen LogP contribution < -0.4 is 15.7 Å². The highest BCUT2D eigenvalue weighted by molar-refractivity contribution is 5.90. The summed E-state index contributed by atoms with van der Waals surface area (Å²) in [5.74, 6) is -0.547. The van der Waals surface area contributed by atoms with E-state index >= 15 is 0 Å². The highest BCUT2D eigenvalue weighted by Crippen LogP contribution is 2.41. The van der Waals surface area contributed by atoms with Gasteiger partial charge in [-0.2, -0.15) is 0 Å². The summed E-state index contributed by atoms with van der Waals surface area (Å²) < 4.78 is 0.